The molecule has 2 aromatic rings. The van der Waals surface area contributed by atoms with Crippen LogP contribution >= 0.6 is 23.2 Å². The molecule has 4 N–H and O–H groups in total. The van der Waals surface area contributed by atoms with E-state index in [0.29, 0.717) is 55.8 Å². The van der Waals surface area contributed by atoms with Gasteiger partial charge in [0.2, 0.25) is 70.9 Å². The van der Waals surface area contributed by atoms with E-state index in [-0.39, 0.29) is 62.5 Å². The SMILES string of the molecule is CCCC[C@@H]1NC(=O)[C@H](CCc2ccc(C(F)(F)F)c(Cl)c2)NC(=O)CN(C)C(=O)[C@H](Cc2ccc(Cl)cc2)N(CC)C(=O)CN(C)C(=O)CN(C)C(=O)[C@H]([C@@H](C)CC)NC(=O)[C@H](CC(C)C)N(C)C(=O)C[C@@H](C(=O)N2CCCCC2)N(C)C(=O)[C@H](CC(C)C)NC(=O)C(C)(C)N(C)C1=O. The molecule has 2 heterocycles. The summed E-state index contributed by atoms with van der Waals surface area (Å²) in [6, 6.07) is 0.0185. The number of benzene rings is 2. The van der Waals surface area contributed by atoms with Crippen LogP contribution in [0.3, 0.4) is 0 Å². The molecule has 100 heavy (non-hydrogen) atoms. The summed E-state index contributed by atoms with van der Waals surface area (Å²) in [4.78, 5) is 186. The highest BCUT2D eigenvalue weighted by molar-refractivity contribution is 6.31. The highest BCUT2D eigenvalue weighted by Gasteiger charge is 2.45. The Kier molecular flexibility index (Phi) is 32.7. The molecule has 0 radical (unpaired) electrons. The third kappa shape index (κ3) is 23.8. The lowest BCUT2D eigenvalue weighted by molar-refractivity contribution is -0.152. The standard InChI is InChI=1S/C71H107Cl2F3N12O12/c1-17-20-24-52-65(96)86(16)70(9,10)69(100)79-53(35-43(4)5)64(95)85(15)55(67(98)87-33-22-21-23-34-87)39-58(90)84(14)54(36-44(6)7)63(94)80-61(45(8)18-2)68(99)83(13)41-59(91)81(11)42-60(92)88(19-3)56(38-47-25-29-48(72)30-26-47)66(97)82(12)40-57(89)77-51(62(93)78-52)32-28-46-27-31-49(50(73)37-46)71(74,75)76/h25-27,29-31,37,43-45,51-56,61H,17-24,28,32-36,38-42H2,1-16H3,(H,77,89)(H,78,93)(H,79,100)(H,80,94)/t45-,51-,52-,53-,54-,55-,56-,61-/m0/s1. The average Bonchev–Trinajstić information content (AvgIpc) is 0.810. The van der Waals surface area contributed by atoms with Crippen LogP contribution in [0, 0.1) is 17.8 Å². The molecule has 2 aromatic carbocycles. The second kappa shape index (κ2) is 38.5. The molecule has 0 bridgehead atoms. The molecule has 2 aliphatic heterocycles. The van der Waals surface area contributed by atoms with Gasteiger partial charge in [0, 0.05) is 73.4 Å². The first kappa shape index (κ1) is 84.9. The van der Waals surface area contributed by atoms with E-state index in [4.69, 9.17) is 23.2 Å². The van der Waals surface area contributed by atoms with Crippen molar-refractivity contribution in [2.75, 3.05) is 81.6 Å². The number of carbonyl (C=O) groups is 12. The Hall–Kier alpha value is -7.55. The lowest BCUT2D eigenvalue weighted by atomic mass is 9.95. The fraction of sp³-hybridized carbons (Fsp3) is 0.662. The number of carbonyl (C=O) groups excluding carboxylic acids is 12. The lowest BCUT2D eigenvalue weighted by Gasteiger charge is -2.39. The van der Waals surface area contributed by atoms with Crippen LogP contribution < -0.4 is 21.3 Å². The third-order valence-corrected chi connectivity index (χ3v) is 19.5. The summed E-state index contributed by atoms with van der Waals surface area (Å²) in [5.41, 5.74) is -2.09. The minimum absolute atomic E-state index is 0.0128. The summed E-state index contributed by atoms with van der Waals surface area (Å²) < 4.78 is 41.5. The van der Waals surface area contributed by atoms with Crippen molar-refractivity contribution in [3.05, 3.63) is 69.2 Å². The molecule has 0 spiro atoms. The first-order valence-corrected chi connectivity index (χ1v) is 35.4. The zero-order valence-corrected chi connectivity index (χ0v) is 62.6. The molecule has 0 unspecified atom stereocenters. The van der Waals surface area contributed by atoms with Gasteiger partial charge in [-0.2, -0.15) is 13.2 Å². The van der Waals surface area contributed by atoms with Crippen molar-refractivity contribution in [1.82, 2.24) is 60.5 Å². The maximum Gasteiger partial charge on any atom is 0.417 e. The predicted octanol–water partition coefficient (Wildman–Crippen LogP) is 6.35. The Morgan fingerprint density at radius 1 is 0.610 bits per heavy atom. The van der Waals surface area contributed by atoms with E-state index < -0.39 is 167 Å². The van der Waals surface area contributed by atoms with Crippen LogP contribution in [-0.2, 0) is 76.6 Å². The van der Waals surface area contributed by atoms with Gasteiger partial charge in [-0.25, -0.2) is 0 Å². The minimum Gasteiger partial charge on any atom is -0.343 e. The van der Waals surface area contributed by atoms with Gasteiger partial charge in [-0.15, -0.1) is 0 Å². The van der Waals surface area contributed by atoms with Crippen molar-refractivity contribution < 1.29 is 70.7 Å². The van der Waals surface area contributed by atoms with E-state index in [1.165, 1.54) is 72.0 Å². The second-order valence-corrected chi connectivity index (χ2v) is 28.9. The number of piperidine rings is 1. The van der Waals surface area contributed by atoms with Gasteiger partial charge in [0.25, 0.3) is 0 Å². The quantitative estimate of drug-likeness (QED) is 0.143. The second-order valence-electron chi connectivity index (χ2n) is 28.0. The van der Waals surface area contributed by atoms with Crippen molar-refractivity contribution in [2.45, 2.75) is 207 Å². The van der Waals surface area contributed by atoms with E-state index in [1.807, 2.05) is 41.5 Å². The number of hydrogen-bond acceptors (Lipinski definition) is 12. The maximum atomic E-state index is 15.2. The number of amides is 12. The molecule has 0 saturated carbocycles. The van der Waals surface area contributed by atoms with E-state index in [1.54, 1.807) is 43.0 Å². The Morgan fingerprint density at radius 2 is 1.20 bits per heavy atom. The van der Waals surface area contributed by atoms with E-state index in [9.17, 15) is 65.9 Å². The number of halogens is 5. The molecule has 4 rings (SSSR count). The number of likely N-dealkylation sites (tertiary alicyclic amines) is 1. The Morgan fingerprint density at radius 3 is 1.76 bits per heavy atom. The van der Waals surface area contributed by atoms with Crippen molar-refractivity contribution in [2.24, 2.45) is 17.8 Å². The number of nitrogens with one attached hydrogen (secondary N) is 4. The van der Waals surface area contributed by atoms with Crippen molar-refractivity contribution in [3.63, 3.8) is 0 Å². The summed E-state index contributed by atoms with van der Waals surface area (Å²) in [7, 11) is 8.10. The average molecular weight is 1450 g/mol. The van der Waals surface area contributed by atoms with Gasteiger partial charge in [0.15, 0.2) is 0 Å². The molecule has 558 valence electrons. The van der Waals surface area contributed by atoms with Crippen molar-refractivity contribution in [3.8, 4) is 0 Å². The molecule has 12 amide bonds. The van der Waals surface area contributed by atoms with Gasteiger partial charge in [-0.1, -0.05) is 109 Å². The number of nitrogens with zero attached hydrogens (tertiary/aromatic N) is 8. The summed E-state index contributed by atoms with van der Waals surface area (Å²) in [6.07, 6.45) is -2.35. The summed E-state index contributed by atoms with van der Waals surface area (Å²) in [6.45, 7) is 15.9. The van der Waals surface area contributed by atoms with Gasteiger partial charge in [0.1, 0.15) is 47.8 Å². The number of unbranched alkanes of at least 4 members (excludes halogenated alkanes) is 1. The van der Waals surface area contributed by atoms with Gasteiger partial charge in [0.05, 0.1) is 36.6 Å². The molecule has 0 aliphatic carbocycles. The first-order chi connectivity index (χ1) is 46.7. The van der Waals surface area contributed by atoms with E-state index >= 15 is 4.79 Å². The summed E-state index contributed by atoms with van der Waals surface area (Å²) in [5, 5.41) is 10.9. The number of hydrogen-bond donors (Lipinski definition) is 4. The zero-order chi connectivity index (χ0) is 75.4. The minimum atomic E-state index is -4.79. The molecular formula is C71H107Cl2F3N12O12. The van der Waals surface area contributed by atoms with Gasteiger partial charge in [-0.3, -0.25) is 57.5 Å². The zero-order valence-electron chi connectivity index (χ0n) is 61.1. The fourth-order valence-electron chi connectivity index (χ4n) is 12.1. The Balaban J connectivity index is 1.92. The maximum absolute atomic E-state index is 15.2. The molecule has 24 nitrogen and oxygen atoms in total. The van der Waals surface area contributed by atoms with Crippen LogP contribution in [0.4, 0.5) is 13.2 Å². The number of rotatable bonds is 16. The first-order valence-electron chi connectivity index (χ1n) is 34.6. The van der Waals surface area contributed by atoms with Crippen LogP contribution in [0.1, 0.15) is 157 Å². The molecule has 29 heteroatoms. The molecule has 2 saturated heterocycles. The predicted molar refractivity (Wildman–Crippen MR) is 375 cm³/mol. The molecular weight excluding hydrogens is 1340 g/mol. The third-order valence-electron chi connectivity index (χ3n) is 18.9. The Labute approximate surface area is 597 Å². The molecule has 2 aliphatic rings. The van der Waals surface area contributed by atoms with Gasteiger partial charge < -0.3 is 60.5 Å². The van der Waals surface area contributed by atoms with E-state index in [0.717, 1.165) is 43.1 Å². The van der Waals surface area contributed by atoms with Gasteiger partial charge in [-0.05, 0) is 125 Å². The smallest absolute Gasteiger partial charge is 0.343 e. The van der Waals surface area contributed by atoms with Crippen LogP contribution in [-0.4, -0.2) is 239 Å². The number of likely N-dealkylation sites (N-methyl/N-ethyl adjacent to an activating group) is 7. The van der Waals surface area contributed by atoms with Gasteiger partial charge >= 0.3 is 6.18 Å². The van der Waals surface area contributed by atoms with Crippen LogP contribution in [0.5, 0.6) is 0 Å². The van der Waals surface area contributed by atoms with Crippen LogP contribution in [0.15, 0.2) is 42.5 Å². The normalized spacial score (nSPS) is 23.4. The highest BCUT2D eigenvalue weighted by atomic mass is 35.5. The number of alkyl halides is 3. The molecule has 0 aromatic heterocycles. The Bertz CT molecular complexity index is 3210. The fourth-order valence-corrected chi connectivity index (χ4v) is 12.6. The van der Waals surface area contributed by atoms with E-state index in [2.05, 4.69) is 21.3 Å². The largest absolute Gasteiger partial charge is 0.417 e. The van der Waals surface area contributed by atoms with Crippen LogP contribution in [0.2, 0.25) is 10.0 Å². The van der Waals surface area contributed by atoms with Crippen LogP contribution in [0.25, 0.3) is 0 Å². The highest BCUT2D eigenvalue weighted by Crippen LogP contribution is 2.35. The monoisotopic (exact) mass is 1450 g/mol. The van der Waals surface area contributed by atoms with Crippen molar-refractivity contribution >= 4 is 94.1 Å². The summed E-state index contributed by atoms with van der Waals surface area (Å²) >= 11 is 12.4. The number of aryl methyl sites for hydroxylation is 1. The lowest BCUT2D eigenvalue weighted by Crippen LogP contribution is -2.63. The molecule has 8 atom stereocenters. The molecule has 2 fully saturated rings. The van der Waals surface area contributed by atoms with Crippen molar-refractivity contribution in [1.29, 1.82) is 0 Å². The summed E-state index contributed by atoms with van der Waals surface area (Å²) in [5.74, 6) is -9.85. The topological polar surface area (TPSA) is 279 Å².